The lowest BCUT2D eigenvalue weighted by Crippen LogP contribution is -2.40. The number of aryl methyl sites for hydroxylation is 1. The van der Waals surface area contributed by atoms with Gasteiger partial charge < -0.3 is 10.6 Å². The molecule has 5 nitrogen and oxygen atoms in total. The first-order chi connectivity index (χ1) is 11.8. The SMILES string of the molecule is Cc1ccccc1-n1nc(C(=O)N(C)CC(C)(C)CN)c2c1CCC2. The van der Waals surface area contributed by atoms with Crippen LogP contribution in [-0.4, -0.2) is 40.7 Å². The van der Waals surface area contributed by atoms with Gasteiger partial charge in [-0.15, -0.1) is 0 Å². The highest BCUT2D eigenvalue weighted by Gasteiger charge is 2.30. The third-order valence-corrected chi connectivity index (χ3v) is 5.04. The van der Waals surface area contributed by atoms with E-state index in [4.69, 9.17) is 10.8 Å². The number of aromatic nitrogens is 2. The van der Waals surface area contributed by atoms with Gasteiger partial charge >= 0.3 is 0 Å². The first-order valence-corrected chi connectivity index (χ1v) is 8.96. The Hall–Kier alpha value is -2.14. The minimum Gasteiger partial charge on any atom is -0.340 e. The Kier molecular flexibility index (Phi) is 4.69. The lowest BCUT2D eigenvalue weighted by Gasteiger charge is -2.28. The molecule has 1 aliphatic carbocycles. The number of hydrogen-bond acceptors (Lipinski definition) is 3. The number of benzene rings is 1. The molecule has 1 aromatic carbocycles. The molecule has 2 aromatic rings. The molecule has 0 bridgehead atoms. The zero-order chi connectivity index (χ0) is 18.2. The van der Waals surface area contributed by atoms with E-state index in [0.29, 0.717) is 18.8 Å². The summed E-state index contributed by atoms with van der Waals surface area (Å²) in [5.74, 6) is -0.00740. The number of rotatable bonds is 5. The standard InChI is InChI=1S/C20H28N4O/c1-14-8-5-6-10-16(14)24-17-11-7-9-15(17)18(22-24)19(25)23(4)13-20(2,3)12-21/h5-6,8,10H,7,9,11-13,21H2,1-4H3. The zero-order valence-electron chi connectivity index (χ0n) is 15.7. The van der Waals surface area contributed by atoms with Crippen LogP contribution in [0.25, 0.3) is 5.69 Å². The number of amides is 1. The molecule has 0 saturated heterocycles. The van der Waals surface area contributed by atoms with Crippen molar-refractivity contribution in [2.45, 2.75) is 40.0 Å². The maximum atomic E-state index is 13.0. The first-order valence-electron chi connectivity index (χ1n) is 8.96. The van der Waals surface area contributed by atoms with E-state index in [2.05, 4.69) is 32.9 Å². The van der Waals surface area contributed by atoms with E-state index in [1.165, 1.54) is 5.69 Å². The summed E-state index contributed by atoms with van der Waals surface area (Å²) in [6.07, 6.45) is 2.98. The molecule has 1 heterocycles. The average Bonchev–Trinajstić information content (AvgIpc) is 3.17. The molecule has 0 aliphatic heterocycles. The molecule has 25 heavy (non-hydrogen) atoms. The normalized spacial score (nSPS) is 13.8. The summed E-state index contributed by atoms with van der Waals surface area (Å²) in [5, 5.41) is 4.73. The number of carbonyl (C=O) groups is 1. The number of para-hydroxylation sites is 1. The fourth-order valence-electron chi connectivity index (χ4n) is 3.57. The van der Waals surface area contributed by atoms with Gasteiger partial charge in [-0.3, -0.25) is 4.79 Å². The van der Waals surface area contributed by atoms with Gasteiger partial charge in [0.1, 0.15) is 0 Å². The monoisotopic (exact) mass is 340 g/mol. The van der Waals surface area contributed by atoms with Gasteiger partial charge in [-0.2, -0.15) is 5.10 Å². The van der Waals surface area contributed by atoms with Crippen molar-refractivity contribution in [3.8, 4) is 5.69 Å². The Morgan fingerprint density at radius 1 is 1.32 bits per heavy atom. The summed E-state index contributed by atoms with van der Waals surface area (Å²) in [4.78, 5) is 14.8. The van der Waals surface area contributed by atoms with E-state index in [9.17, 15) is 4.79 Å². The van der Waals surface area contributed by atoms with Crippen LogP contribution in [0.2, 0.25) is 0 Å². The maximum absolute atomic E-state index is 13.0. The van der Waals surface area contributed by atoms with Crippen LogP contribution in [0.15, 0.2) is 24.3 Å². The van der Waals surface area contributed by atoms with Gasteiger partial charge in [-0.25, -0.2) is 4.68 Å². The molecule has 5 heteroatoms. The van der Waals surface area contributed by atoms with E-state index < -0.39 is 0 Å². The molecular formula is C20H28N4O. The maximum Gasteiger partial charge on any atom is 0.274 e. The molecular weight excluding hydrogens is 312 g/mol. The average molecular weight is 340 g/mol. The smallest absolute Gasteiger partial charge is 0.274 e. The largest absolute Gasteiger partial charge is 0.340 e. The van der Waals surface area contributed by atoms with Crippen molar-refractivity contribution in [2.24, 2.45) is 11.1 Å². The van der Waals surface area contributed by atoms with Crippen molar-refractivity contribution < 1.29 is 4.79 Å². The van der Waals surface area contributed by atoms with E-state index in [1.807, 2.05) is 23.9 Å². The third kappa shape index (κ3) is 3.33. The van der Waals surface area contributed by atoms with E-state index in [1.54, 1.807) is 4.90 Å². The fourth-order valence-corrected chi connectivity index (χ4v) is 3.57. The van der Waals surface area contributed by atoms with Crippen LogP contribution in [-0.2, 0) is 12.8 Å². The second kappa shape index (κ2) is 6.64. The summed E-state index contributed by atoms with van der Waals surface area (Å²) in [5.41, 5.74) is 10.8. The quantitative estimate of drug-likeness (QED) is 0.910. The highest BCUT2D eigenvalue weighted by Crippen LogP contribution is 2.29. The molecule has 1 aromatic heterocycles. The summed E-state index contributed by atoms with van der Waals surface area (Å²) in [6, 6.07) is 8.19. The third-order valence-electron chi connectivity index (χ3n) is 5.04. The lowest BCUT2D eigenvalue weighted by atomic mass is 9.93. The van der Waals surface area contributed by atoms with Crippen molar-refractivity contribution in [1.82, 2.24) is 14.7 Å². The predicted molar refractivity (Wildman–Crippen MR) is 100 cm³/mol. The second-order valence-corrected chi connectivity index (χ2v) is 7.86. The van der Waals surface area contributed by atoms with Gasteiger partial charge in [0, 0.05) is 24.8 Å². The molecule has 1 aliphatic rings. The molecule has 2 N–H and O–H groups in total. The van der Waals surface area contributed by atoms with Gasteiger partial charge in [0.05, 0.1) is 5.69 Å². The Labute approximate surface area is 149 Å². The molecule has 0 radical (unpaired) electrons. The van der Waals surface area contributed by atoms with Gasteiger partial charge in [0.2, 0.25) is 0 Å². The number of carbonyl (C=O) groups excluding carboxylic acids is 1. The van der Waals surface area contributed by atoms with Crippen molar-refractivity contribution in [3.05, 3.63) is 46.8 Å². The molecule has 0 fully saturated rings. The Morgan fingerprint density at radius 3 is 2.72 bits per heavy atom. The van der Waals surface area contributed by atoms with E-state index in [-0.39, 0.29) is 11.3 Å². The molecule has 0 unspecified atom stereocenters. The highest BCUT2D eigenvalue weighted by atomic mass is 16.2. The van der Waals surface area contributed by atoms with Crippen molar-refractivity contribution in [1.29, 1.82) is 0 Å². The Balaban J connectivity index is 1.97. The molecule has 134 valence electrons. The second-order valence-electron chi connectivity index (χ2n) is 7.86. The van der Waals surface area contributed by atoms with E-state index >= 15 is 0 Å². The molecule has 0 spiro atoms. The van der Waals surface area contributed by atoms with Crippen LogP contribution >= 0.6 is 0 Å². The Morgan fingerprint density at radius 2 is 2.04 bits per heavy atom. The van der Waals surface area contributed by atoms with Crippen LogP contribution in [0, 0.1) is 12.3 Å². The number of hydrogen-bond donors (Lipinski definition) is 1. The number of nitrogens with two attached hydrogens (primary N) is 1. The van der Waals surface area contributed by atoms with Gasteiger partial charge in [0.15, 0.2) is 5.69 Å². The minimum atomic E-state index is -0.105. The van der Waals surface area contributed by atoms with Crippen LogP contribution in [0.1, 0.15) is 47.6 Å². The van der Waals surface area contributed by atoms with Crippen LogP contribution in [0.5, 0.6) is 0 Å². The summed E-state index contributed by atoms with van der Waals surface area (Å²) >= 11 is 0. The summed E-state index contributed by atoms with van der Waals surface area (Å²) in [6.45, 7) is 7.39. The predicted octanol–water partition coefficient (Wildman–Crippen LogP) is 2.73. The zero-order valence-corrected chi connectivity index (χ0v) is 15.7. The molecule has 0 atom stereocenters. The van der Waals surface area contributed by atoms with Crippen molar-refractivity contribution in [3.63, 3.8) is 0 Å². The highest BCUT2D eigenvalue weighted by molar-refractivity contribution is 5.94. The fraction of sp³-hybridized carbons (Fsp3) is 0.500. The summed E-state index contributed by atoms with van der Waals surface area (Å²) < 4.78 is 1.98. The lowest BCUT2D eigenvalue weighted by molar-refractivity contribution is 0.0733. The van der Waals surface area contributed by atoms with Crippen LogP contribution < -0.4 is 5.73 Å². The van der Waals surface area contributed by atoms with E-state index in [0.717, 1.165) is 36.1 Å². The van der Waals surface area contributed by atoms with Crippen molar-refractivity contribution >= 4 is 5.91 Å². The van der Waals surface area contributed by atoms with Crippen LogP contribution in [0.4, 0.5) is 0 Å². The van der Waals surface area contributed by atoms with Gasteiger partial charge in [-0.1, -0.05) is 32.0 Å². The summed E-state index contributed by atoms with van der Waals surface area (Å²) in [7, 11) is 1.84. The number of fused-ring (bicyclic) bond motifs is 1. The molecule has 1 amide bonds. The van der Waals surface area contributed by atoms with Gasteiger partial charge in [-0.05, 0) is 49.8 Å². The Bertz CT molecular complexity index is 791. The molecule has 0 saturated carbocycles. The van der Waals surface area contributed by atoms with Crippen LogP contribution in [0.3, 0.4) is 0 Å². The topological polar surface area (TPSA) is 64.2 Å². The minimum absolute atomic E-state index is 0.00740. The first kappa shape index (κ1) is 17.7. The van der Waals surface area contributed by atoms with Crippen molar-refractivity contribution in [2.75, 3.05) is 20.1 Å². The molecule has 3 rings (SSSR count). The number of nitrogens with zero attached hydrogens (tertiary/aromatic N) is 3. The van der Waals surface area contributed by atoms with Gasteiger partial charge in [0.25, 0.3) is 5.91 Å².